The molecule has 1 fully saturated rings. The van der Waals surface area contributed by atoms with E-state index in [4.69, 9.17) is 4.74 Å². The summed E-state index contributed by atoms with van der Waals surface area (Å²) in [5, 5.41) is 10.7. The third-order valence-corrected chi connectivity index (χ3v) is 7.03. The largest absolute Gasteiger partial charge is 0.443 e. The first-order valence-electron chi connectivity index (χ1n) is 9.80. The summed E-state index contributed by atoms with van der Waals surface area (Å²) in [4.78, 5) is 28.3. The van der Waals surface area contributed by atoms with Crippen LogP contribution < -0.4 is 0 Å². The van der Waals surface area contributed by atoms with E-state index in [9.17, 15) is 14.7 Å². The highest BCUT2D eigenvalue weighted by atomic mass is 16.6. The van der Waals surface area contributed by atoms with Crippen molar-refractivity contribution in [1.29, 1.82) is 0 Å². The number of nitrogens with zero attached hydrogens (tertiary/aromatic N) is 2. The zero-order valence-electron chi connectivity index (χ0n) is 16.5. The van der Waals surface area contributed by atoms with E-state index in [0.29, 0.717) is 6.42 Å². The minimum atomic E-state index is -0.847. The maximum Gasteiger partial charge on any atom is 0.410 e. The van der Waals surface area contributed by atoms with Gasteiger partial charge in [0.1, 0.15) is 12.2 Å². The normalized spacial score (nSPS) is 35.7. The summed E-state index contributed by atoms with van der Waals surface area (Å²) in [6.45, 7) is 7.50. The Morgan fingerprint density at radius 3 is 2.67 bits per heavy atom. The lowest BCUT2D eigenvalue weighted by molar-refractivity contribution is -0.123. The molecule has 0 unspecified atom stereocenters. The fourth-order valence-corrected chi connectivity index (χ4v) is 4.94. The molecule has 6 nitrogen and oxygen atoms in total. The van der Waals surface area contributed by atoms with Gasteiger partial charge < -0.3 is 19.6 Å². The maximum absolute atomic E-state index is 12.5. The van der Waals surface area contributed by atoms with Crippen LogP contribution in [-0.2, 0) is 9.53 Å². The summed E-state index contributed by atoms with van der Waals surface area (Å²) < 4.78 is 5.77. The molecule has 0 bridgehead atoms. The first kappa shape index (κ1) is 18.3. The van der Waals surface area contributed by atoms with Crippen molar-refractivity contribution in [3.05, 3.63) is 34.6 Å². The Morgan fingerprint density at radius 2 is 2.00 bits per heavy atom. The number of hydrogen-bond donors (Lipinski definition) is 1. The summed E-state index contributed by atoms with van der Waals surface area (Å²) in [7, 11) is 1.79. The average molecular weight is 372 g/mol. The number of amides is 2. The average Bonchev–Trinajstić information content (AvgIpc) is 3.24. The predicted octanol–water partition coefficient (Wildman–Crippen LogP) is 2.61. The number of aliphatic hydroxyl groups is 1. The molecule has 1 N–H and O–H groups in total. The topological polar surface area (TPSA) is 70.1 Å². The summed E-state index contributed by atoms with van der Waals surface area (Å²) in [5.74, 6) is -0.0394. The number of allylic oxidation sites excluding steroid dienone is 3. The van der Waals surface area contributed by atoms with Gasteiger partial charge >= 0.3 is 6.09 Å². The molecule has 6 heteroatoms. The molecular weight excluding hydrogens is 344 g/mol. The van der Waals surface area contributed by atoms with Crippen molar-refractivity contribution >= 4 is 12.0 Å². The molecule has 4 rings (SSSR count). The van der Waals surface area contributed by atoms with E-state index in [-0.39, 0.29) is 23.3 Å². The van der Waals surface area contributed by atoms with E-state index in [1.165, 1.54) is 0 Å². The second-order valence-corrected chi connectivity index (χ2v) is 8.54. The molecule has 0 aromatic carbocycles. The van der Waals surface area contributed by atoms with Gasteiger partial charge in [0, 0.05) is 42.7 Å². The number of hydrogen-bond acceptors (Lipinski definition) is 4. The number of ether oxygens (including phenoxy) is 1. The number of likely N-dealkylation sites (tertiary alicyclic amines) is 1. The van der Waals surface area contributed by atoms with Crippen molar-refractivity contribution in [2.24, 2.45) is 11.3 Å². The first-order chi connectivity index (χ1) is 12.7. The third-order valence-electron chi connectivity index (χ3n) is 7.03. The van der Waals surface area contributed by atoms with E-state index in [0.717, 1.165) is 48.3 Å². The molecule has 0 aromatic rings. The molecule has 1 saturated heterocycles. The standard InChI is InChI=1S/C21H28N2O4/c1-12-15-11-21(3)13(2)18(27-20(26)23-7-5-6-8-23)17(24)10-14(21)9-16(15)22(4)19(12)25/h9-10,13,17-18,24H,5-8,11H2,1-4H3/t13-,17+,18+,21+/m0/s1. The molecule has 0 aromatic heterocycles. The molecule has 4 aliphatic rings. The van der Waals surface area contributed by atoms with Gasteiger partial charge in [-0.05, 0) is 49.5 Å². The highest BCUT2D eigenvalue weighted by molar-refractivity contribution is 6.00. The monoisotopic (exact) mass is 372 g/mol. The molecule has 2 aliphatic carbocycles. The van der Waals surface area contributed by atoms with Crippen LogP contribution in [-0.4, -0.2) is 59.3 Å². The number of aliphatic hydroxyl groups excluding tert-OH is 1. The molecule has 0 saturated carbocycles. The zero-order chi connectivity index (χ0) is 19.5. The van der Waals surface area contributed by atoms with Crippen molar-refractivity contribution in [1.82, 2.24) is 9.80 Å². The predicted molar refractivity (Wildman–Crippen MR) is 101 cm³/mol. The van der Waals surface area contributed by atoms with Crippen molar-refractivity contribution < 1.29 is 19.4 Å². The third kappa shape index (κ3) is 2.64. The highest BCUT2D eigenvalue weighted by Crippen LogP contribution is 2.54. The van der Waals surface area contributed by atoms with Gasteiger partial charge in [0.15, 0.2) is 0 Å². The molecule has 2 heterocycles. The Morgan fingerprint density at radius 1 is 1.33 bits per heavy atom. The van der Waals surface area contributed by atoms with Gasteiger partial charge in [-0.3, -0.25) is 4.79 Å². The Bertz CT molecular complexity index is 790. The first-order valence-corrected chi connectivity index (χ1v) is 9.80. The van der Waals surface area contributed by atoms with Crippen LogP contribution in [0.1, 0.15) is 40.0 Å². The summed E-state index contributed by atoms with van der Waals surface area (Å²) >= 11 is 0. The van der Waals surface area contributed by atoms with Gasteiger partial charge in [0.25, 0.3) is 5.91 Å². The van der Waals surface area contributed by atoms with Gasteiger partial charge in [-0.2, -0.15) is 0 Å². The fraction of sp³-hybridized carbons (Fsp3) is 0.619. The van der Waals surface area contributed by atoms with Gasteiger partial charge in [0.2, 0.25) is 0 Å². The van der Waals surface area contributed by atoms with Crippen LogP contribution in [0.25, 0.3) is 0 Å². The van der Waals surface area contributed by atoms with E-state index in [2.05, 4.69) is 6.92 Å². The van der Waals surface area contributed by atoms with E-state index in [1.54, 1.807) is 22.9 Å². The number of fused-ring (bicyclic) bond motifs is 2. The van der Waals surface area contributed by atoms with E-state index < -0.39 is 12.2 Å². The van der Waals surface area contributed by atoms with Crippen molar-refractivity contribution in [3.8, 4) is 0 Å². The van der Waals surface area contributed by atoms with Crippen LogP contribution >= 0.6 is 0 Å². The second-order valence-electron chi connectivity index (χ2n) is 8.54. The summed E-state index contributed by atoms with van der Waals surface area (Å²) in [6, 6.07) is 0. The molecule has 146 valence electrons. The van der Waals surface area contributed by atoms with Crippen LogP contribution in [0.5, 0.6) is 0 Å². The van der Waals surface area contributed by atoms with Crippen molar-refractivity contribution in [3.63, 3.8) is 0 Å². The zero-order valence-corrected chi connectivity index (χ0v) is 16.5. The Hall–Kier alpha value is -2.08. The van der Waals surface area contributed by atoms with Crippen LogP contribution in [0.2, 0.25) is 0 Å². The smallest absolute Gasteiger partial charge is 0.410 e. The molecule has 2 aliphatic heterocycles. The van der Waals surface area contributed by atoms with Gasteiger partial charge in [-0.15, -0.1) is 0 Å². The molecule has 27 heavy (non-hydrogen) atoms. The lowest BCUT2D eigenvalue weighted by Gasteiger charge is -2.48. The second kappa shape index (κ2) is 6.23. The Balaban J connectivity index is 1.65. The maximum atomic E-state index is 12.5. The van der Waals surface area contributed by atoms with Gasteiger partial charge in [0.05, 0.1) is 0 Å². The molecule has 2 amide bonds. The van der Waals surface area contributed by atoms with Gasteiger partial charge in [-0.25, -0.2) is 4.79 Å². The molecule has 4 atom stereocenters. The summed E-state index contributed by atoms with van der Waals surface area (Å²) in [6.07, 6.45) is 4.77. The lowest BCUT2D eigenvalue weighted by Crippen LogP contribution is -2.50. The SMILES string of the molecule is CC1=C2C[C@@]3(C)C(=C[C@@H](O)[C@H](OC(=O)N4CCCC4)[C@@H]3C)C=C2N(C)C1=O. The van der Waals surface area contributed by atoms with Crippen LogP contribution in [0.15, 0.2) is 34.6 Å². The van der Waals surface area contributed by atoms with Crippen molar-refractivity contribution in [2.75, 3.05) is 20.1 Å². The van der Waals surface area contributed by atoms with Gasteiger partial charge in [-0.1, -0.05) is 13.8 Å². The van der Waals surface area contributed by atoms with Crippen LogP contribution in [0, 0.1) is 11.3 Å². The van der Waals surface area contributed by atoms with E-state index >= 15 is 0 Å². The van der Waals surface area contributed by atoms with E-state index in [1.807, 2.05) is 19.9 Å². The minimum Gasteiger partial charge on any atom is -0.443 e. The fourth-order valence-electron chi connectivity index (χ4n) is 4.94. The molecular formula is C21H28N2O4. The summed E-state index contributed by atoms with van der Waals surface area (Å²) in [5.41, 5.74) is 3.50. The molecule has 0 spiro atoms. The molecule has 0 radical (unpaired) electrons. The number of likely N-dealkylation sites (N-methyl/N-ethyl adjacent to an activating group) is 1. The number of rotatable bonds is 1. The Labute approximate surface area is 160 Å². The lowest BCUT2D eigenvalue weighted by atomic mass is 9.59. The highest BCUT2D eigenvalue weighted by Gasteiger charge is 2.51. The Kier molecular flexibility index (Phi) is 4.22. The minimum absolute atomic E-state index is 0.0318. The quantitative estimate of drug-likeness (QED) is 0.768. The van der Waals surface area contributed by atoms with Crippen LogP contribution in [0.4, 0.5) is 4.79 Å². The number of carbonyl (C=O) groups is 2. The van der Waals surface area contributed by atoms with Crippen LogP contribution in [0.3, 0.4) is 0 Å². The van der Waals surface area contributed by atoms with Crippen molar-refractivity contribution in [2.45, 2.75) is 52.2 Å². The number of carbonyl (C=O) groups excluding carboxylic acids is 2.